The van der Waals surface area contributed by atoms with E-state index >= 15 is 0 Å². The summed E-state index contributed by atoms with van der Waals surface area (Å²) >= 11 is 0. The molecule has 0 aliphatic heterocycles. The predicted molar refractivity (Wildman–Crippen MR) is 90.6 cm³/mol. The number of aryl methyl sites for hydroxylation is 1. The van der Waals surface area contributed by atoms with Gasteiger partial charge in [-0.15, -0.1) is 0 Å². The van der Waals surface area contributed by atoms with E-state index in [0.29, 0.717) is 0 Å². The highest BCUT2D eigenvalue weighted by Gasteiger charge is 2.20. The molecule has 0 spiro atoms. The number of hydrogen-bond acceptors (Lipinski definition) is 1. The SMILES string of the molecule is CCCCCCCn1cc(CNC2CC2)c2ccccc21. The molecule has 1 saturated carbocycles. The molecule has 2 aromatic rings. The van der Waals surface area contributed by atoms with Crippen molar-refractivity contribution in [1.82, 2.24) is 9.88 Å². The summed E-state index contributed by atoms with van der Waals surface area (Å²) in [6.45, 7) is 4.46. The molecule has 1 heterocycles. The van der Waals surface area contributed by atoms with Crippen LogP contribution in [0.2, 0.25) is 0 Å². The third-order valence-corrected chi connectivity index (χ3v) is 4.53. The Balaban J connectivity index is 1.65. The van der Waals surface area contributed by atoms with Crippen LogP contribution < -0.4 is 5.32 Å². The molecule has 1 aliphatic rings. The monoisotopic (exact) mass is 284 g/mol. The first-order chi connectivity index (χ1) is 10.4. The maximum atomic E-state index is 3.65. The lowest BCUT2D eigenvalue weighted by molar-refractivity contribution is 0.576. The van der Waals surface area contributed by atoms with E-state index in [2.05, 4.69) is 47.3 Å². The van der Waals surface area contributed by atoms with E-state index < -0.39 is 0 Å². The Kier molecular flexibility index (Phi) is 4.97. The lowest BCUT2D eigenvalue weighted by Crippen LogP contribution is -2.14. The van der Waals surface area contributed by atoms with Gasteiger partial charge >= 0.3 is 0 Å². The van der Waals surface area contributed by atoms with Crippen LogP contribution in [0.25, 0.3) is 10.9 Å². The minimum Gasteiger partial charge on any atom is -0.347 e. The maximum Gasteiger partial charge on any atom is 0.0483 e. The van der Waals surface area contributed by atoms with Crippen LogP contribution in [0.4, 0.5) is 0 Å². The Morgan fingerprint density at radius 1 is 1.10 bits per heavy atom. The highest BCUT2D eigenvalue weighted by Crippen LogP contribution is 2.24. The molecule has 0 amide bonds. The molecule has 0 radical (unpaired) electrons. The molecule has 21 heavy (non-hydrogen) atoms. The van der Waals surface area contributed by atoms with Crippen molar-refractivity contribution in [2.45, 2.75) is 71.0 Å². The van der Waals surface area contributed by atoms with E-state index in [1.165, 1.54) is 61.4 Å². The average Bonchev–Trinajstić information content (AvgIpc) is 3.28. The molecule has 0 unspecified atom stereocenters. The van der Waals surface area contributed by atoms with Gasteiger partial charge in [0.05, 0.1) is 0 Å². The zero-order valence-corrected chi connectivity index (χ0v) is 13.3. The number of para-hydroxylation sites is 1. The molecule has 114 valence electrons. The predicted octanol–water partition coefficient (Wildman–Crippen LogP) is 4.86. The van der Waals surface area contributed by atoms with Crippen molar-refractivity contribution in [3.8, 4) is 0 Å². The largest absolute Gasteiger partial charge is 0.347 e. The number of fused-ring (bicyclic) bond motifs is 1. The normalized spacial score (nSPS) is 14.9. The third-order valence-electron chi connectivity index (χ3n) is 4.53. The number of unbranched alkanes of at least 4 members (excludes halogenated alkanes) is 4. The standard InChI is InChI=1S/C19H28N2/c1-2-3-4-5-8-13-21-15-16(14-20-17-11-12-17)18-9-6-7-10-19(18)21/h6-7,9-10,15,17,20H,2-5,8,11-14H2,1H3. The Hall–Kier alpha value is -1.28. The summed E-state index contributed by atoms with van der Waals surface area (Å²) in [6.07, 6.45) is 11.8. The van der Waals surface area contributed by atoms with Crippen molar-refractivity contribution in [1.29, 1.82) is 0 Å². The summed E-state index contributed by atoms with van der Waals surface area (Å²) in [5, 5.41) is 5.08. The number of nitrogens with one attached hydrogen (secondary N) is 1. The zero-order valence-electron chi connectivity index (χ0n) is 13.3. The Bertz CT molecular complexity index is 566. The van der Waals surface area contributed by atoms with Crippen LogP contribution in [0, 0.1) is 0 Å². The molecule has 0 saturated heterocycles. The molecule has 3 rings (SSSR count). The first kappa shape index (κ1) is 14.6. The zero-order chi connectivity index (χ0) is 14.5. The van der Waals surface area contributed by atoms with Gasteiger partial charge in [0.1, 0.15) is 0 Å². The van der Waals surface area contributed by atoms with Crippen molar-refractivity contribution >= 4 is 10.9 Å². The van der Waals surface area contributed by atoms with Crippen molar-refractivity contribution in [3.63, 3.8) is 0 Å². The van der Waals surface area contributed by atoms with Gasteiger partial charge in [-0.3, -0.25) is 0 Å². The van der Waals surface area contributed by atoms with Crippen molar-refractivity contribution in [3.05, 3.63) is 36.0 Å². The Morgan fingerprint density at radius 3 is 2.71 bits per heavy atom. The molecule has 1 aromatic heterocycles. The quantitative estimate of drug-likeness (QED) is 0.650. The van der Waals surface area contributed by atoms with Crippen LogP contribution in [0.1, 0.15) is 57.4 Å². The Morgan fingerprint density at radius 2 is 1.90 bits per heavy atom. The maximum absolute atomic E-state index is 3.65. The lowest BCUT2D eigenvalue weighted by atomic mass is 10.1. The van der Waals surface area contributed by atoms with Crippen LogP contribution in [-0.4, -0.2) is 10.6 Å². The van der Waals surface area contributed by atoms with Gasteiger partial charge in [0.15, 0.2) is 0 Å². The van der Waals surface area contributed by atoms with Crippen molar-refractivity contribution in [2.24, 2.45) is 0 Å². The first-order valence-electron chi connectivity index (χ1n) is 8.68. The van der Waals surface area contributed by atoms with Crippen LogP contribution in [0.5, 0.6) is 0 Å². The van der Waals surface area contributed by atoms with E-state index in [4.69, 9.17) is 0 Å². The third kappa shape index (κ3) is 3.88. The fraction of sp³-hybridized carbons (Fsp3) is 0.579. The van der Waals surface area contributed by atoms with E-state index in [1.54, 1.807) is 0 Å². The summed E-state index contributed by atoms with van der Waals surface area (Å²) in [6, 6.07) is 9.64. The summed E-state index contributed by atoms with van der Waals surface area (Å²) in [7, 11) is 0. The van der Waals surface area contributed by atoms with E-state index in [9.17, 15) is 0 Å². The van der Waals surface area contributed by atoms with Crippen LogP contribution in [-0.2, 0) is 13.1 Å². The number of nitrogens with zero attached hydrogens (tertiary/aromatic N) is 1. The molecule has 0 atom stereocenters. The summed E-state index contributed by atoms with van der Waals surface area (Å²) in [5.41, 5.74) is 2.87. The highest BCUT2D eigenvalue weighted by atomic mass is 15.0. The molecule has 2 heteroatoms. The molecule has 2 nitrogen and oxygen atoms in total. The molecular weight excluding hydrogens is 256 g/mol. The average molecular weight is 284 g/mol. The van der Waals surface area contributed by atoms with E-state index in [0.717, 1.165) is 19.1 Å². The van der Waals surface area contributed by atoms with Crippen LogP contribution in [0.3, 0.4) is 0 Å². The number of rotatable bonds is 9. The van der Waals surface area contributed by atoms with E-state index in [-0.39, 0.29) is 0 Å². The van der Waals surface area contributed by atoms with Gasteiger partial charge in [0, 0.05) is 36.2 Å². The van der Waals surface area contributed by atoms with Gasteiger partial charge in [-0.2, -0.15) is 0 Å². The molecular formula is C19H28N2. The minimum atomic E-state index is 0.779. The smallest absolute Gasteiger partial charge is 0.0483 e. The molecule has 1 aliphatic carbocycles. The van der Waals surface area contributed by atoms with Gasteiger partial charge in [-0.1, -0.05) is 50.8 Å². The second kappa shape index (κ2) is 7.13. The first-order valence-corrected chi connectivity index (χ1v) is 8.68. The number of aromatic nitrogens is 1. The number of benzene rings is 1. The van der Waals surface area contributed by atoms with Gasteiger partial charge in [-0.05, 0) is 30.9 Å². The second-order valence-electron chi connectivity index (χ2n) is 6.43. The number of hydrogen-bond donors (Lipinski definition) is 1. The van der Waals surface area contributed by atoms with Crippen molar-refractivity contribution < 1.29 is 0 Å². The second-order valence-corrected chi connectivity index (χ2v) is 6.43. The van der Waals surface area contributed by atoms with Crippen LogP contribution in [0.15, 0.2) is 30.5 Å². The Labute approximate surface area is 128 Å². The fourth-order valence-corrected chi connectivity index (χ4v) is 3.08. The summed E-state index contributed by atoms with van der Waals surface area (Å²) in [4.78, 5) is 0. The van der Waals surface area contributed by atoms with Crippen LogP contribution >= 0.6 is 0 Å². The van der Waals surface area contributed by atoms with Gasteiger partial charge < -0.3 is 9.88 Å². The lowest BCUT2D eigenvalue weighted by Gasteiger charge is -2.05. The van der Waals surface area contributed by atoms with Gasteiger partial charge in [-0.25, -0.2) is 0 Å². The molecule has 1 fully saturated rings. The van der Waals surface area contributed by atoms with Gasteiger partial charge in [0.2, 0.25) is 0 Å². The summed E-state index contributed by atoms with van der Waals surface area (Å²) < 4.78 is 2.46. The van der Waals surface area contributed by atoms with E-state index in [1.807, 2.05) is 0 Å². The topological polar surface area (TPSA) is 17.0 Å². The summed E-state index contributed by atoms with van der Waals surface area (Å²) in [5.74, 6) is 0. The fourth-order valence-electron chi connectivity index (χ4n) is 3.08. The van der Waals surface area contributed by atoms with Gasteiger partial charge in [0.25, 0.3) is 0 Å². The molecule has 0 bridgehead atoms. The minimum absolute atomic E-state index is 0.779. The van der Waals surface area contributed by atoms with Crippen molar-refractivity contribution in [2.75, 3.05) is 0 Å². The molecule has 1 N–H and O–H groups in total. The molecule has 1 aromatic carbocycles. The highest BCUT2D eigenvalue weighted by molar-refractivity contribution is 5.83.